The first kappa shape index (κ1) is 54.6. The zero-order valence-electron chi connectivity index (χ0n) is 45.3. The molecule has 0 heterocycles. The minimum atomic E-state index is -2.86. The van der Waals surface area contributed by atoms with Crippen LogP contribution >= 0.6 is 0 Å². The molecule has 4 aliphatic carbocycles. The maximum absolute atomic E-state index is 2.86. The molecule has 4 aliphatic rings. The molecule has 12 aromatic rings. The average molecular weight is 1450 g/mol. The molecule has 0 N–H and O–H groups in total. The van der Waals surface area contributed by atoms with Crippen molar-refractivity contribution >= 4 is 45.0 Å². The molecule has 16 rings (SSSR count). The van der Waals surface area contributed by atoms with Gasteiger partial charge in [-0.3, -0.25) is 0 Å². The predicted octanol–water partition coefficient (Wildman–Crippen LogP) is 6.42. The number of hydrogen-bond acceptors (Lipinski definition) is 0. The SMILES string of the molecule is [Cl-].[Cl-].c1ccc([Si](c2ccccc2)=[Hf]([c]2cccc3c2Cc2ccccc2-3)[c]2cccc3c2Cc2ccccc2-3)cc1.c1ccc([Si](c2ccccc2)=[Hf]([c]2cccc3c2Cc2ccccc2-3)[c]2cccc3c2Cc2ccccc2-3)cc1. The van der Waals surface area contributed by atoms with Crippen LogP contribution in [0.2, 0.25) is 0 Å². The van der Waals surface area contributed by atoms with Crippen LogP contribution in [-0.2, 0) is 65.8 Å². The molecule has 0 saturated carbocycles. The Morgan fingerprint density at radius 2 is 0.390 bits per heavy atom. The van der Waals surface area contributed by atoms with Gasteiger partial charge < -0.3 is 24.8 Å². The Morgan fingerprint density at radius 3 is 0.622 bits per heavy atom. The molecule has 0 fully saturated rings. The van der Waals surface area contributed by atoms with Gasteiger partial charge in [0.15, 0.2) is 0 Å². The van der Waals surface area contributed by atoms with Crippen LogP contribution in [0.4, 0.5) is 0 Å². The van der Waals surface area contributed by atoms with Crippen molar-refractivity contribution in [3.05, 3.63) is 336 Å². The van der Waals surface area contributed by atoms with Crippen LogP contribution in [0.3, 0.4) is 0 Å². The van der Waals surface area contributed by atoms with Crippen molar-refractivity contribution in [3.8, 4) is 44.5 Å². The minimum absolute atomic E-state index is 0. The second kappa shape index (κ2) is 23.9. The van der Waals surface area contributed by atoms with Crippen LogP contribution in [0, 0.1) is 0 Å². The average Bonchev–Trinajstić information content (AvgIpc) is 2.99. The van der Waals surface area contributed by atoms with E-state index in [1.807, 2.05) is 0 Å². The topological polar surface area (TPSA) is 0 Å². The molecule has 0 unspecified atom stereocenters. The van der Waals surface area contributed by atoms with Gasteiger partial charge in [-0.15, -0.1) is 0 Å². The van der Waals surface area contributed by atoms with E-state index in [1.165, 1.54) is 66.8 Å². The first-order valence-corrected chi connectivity index (χ1v) is 49.2. The van der Waals surface area contributed by atoms with Crippen LogP contribution < -0.4 is 58.8 Å². The fraction of sp³-hybridized carbons (Fsp3) is 0.0526. The van der Waals surface area contributed by atoms with E-state index in [2.05, 4.69) is 291 Å². The van der Waals surface area contributed by atoms with Gasteiger partial charge in [-0.05, 0) is 0 Å². The van der Waals surface area contributed by atoms with Crippen LogP contribution in [-0.4, -0.2) is 11.0 Å². The van der Waals surface area contributed by atoms with E-state index in [0.717, 1.165) is 25.7 Å². The molecule has 0 aliphatic heterocycles. The standard InChI is InChI=1S/4C13H9.2C12H10Si.2ClH.2Hf/c4*1-3-7-12-10(5-1)9-11-6-2-4-8-13(11)12;2*1-3-7-11(8-4-1)13-12-9-5-2-6-10-12;;;;/h4*1-5,7-8H,9H2;2*1-10H;2*1H;;/p-2. The van der Waals surface area contributed by atoms with Crippen molar-refractivity contribution in [3.63, 3.8) is 0 Å². The summed E-state index contributed by atoms with van der Waals surface area (Å²) in [7, 11) is 0. The molecule has 392 valence electrons. The van der Waals surface area contributed by atoms with Crippen molar-refractivity contribution in [2.24, 2.45) is 0 Å². The molecule has 6 heteroatoms. The second-order valence-corrected chi connectivity index (χ2v) is 57.5. The summed E-state index contributed by atoms with van der Waals surface area (Å²) in [5, 5.41) is 6.23. The summed E-state index contributed by atoms with van der Waals surface area (Å²) < 4.78 is 6.85. The maximum atomic E-state index is 2.53. The normalized spacial score (nSPS) is 12.0. The summed E-state index contributed by atoms with van der Waals surface area (Å²) >= 11 is -5.72. The summed E-state index contributed by atoms with van der Waals surface area (Å²) in [6.45, 7) is 0. The molecule has 0 saturated heterocycles. The monoisotopic (exact) mass is 1450 g/mol. The number of benzene rings is 12. The zero-order valence-corrected chi connectivity index (χ0v) is 56.0. The first-order chi connectivity index (χ1) is 39.7. The van der Waals surface area contributed by atoms with Crippen molar-refractivity contribution in [2.45, 2.75) is 25.7 Å². The molecule has 0 spiro atoms. The molecule has 12 aromatic carbocycles. The summed E-state index contributed by atoms with van der Waals surface area (Å²) in [5.41, 5.74) is 21.9. The molecule has 82 heavy (non-hydrogen) atoms. The third-order valence-corrected chi connectivity index (χ3v) is 68.4. The van der Waals surface area contributed by atoms with E-state index < -0.39 is 51.1 Å². The number of halogens is 2. The Balaban J connectivity index is 0.000000150. The zero-order chi connectivity index (χ0) is 52.9. The summed E-state index contributed by atoms with van der Waals surface area (Å²) in [6, 6.07) is 111. The molecular weight excluding hydrogens is 1400 g/mol. The van der Waals surface area contributed by atoms with Gasteiger partial charge in [0.05, 0.1) is 0 Å². The van der Waals surface area contributed by atoms with E-state index >= 15 is 0 Å². The van der Waals surface area contributed by atoms with Gasteiger partial charge >= 0.3 is 491 Å². The molecule has 0 bridgehead atoms. The van der Waals surface area contributed by atoms with Gasteiger partial charge in [-0.25, -0.2) is 0 Å². The van der Waals surface area contributed by atoms with E-state index in [0.29, 0.717) is 0 Å². The molecule has 0 amide bonds. The number of hydrogen-bond donors (Lipinski definition) is 0. The van der Waals surface area contributed by atoms with Crippen LogP contribution in [0.5, 0.6) is 0 Å². The first-order valence-electron chi connectivity index (χ1n) is 28.3. The fourth-order valence-electron chi connectivity index (χ4n) is 13.7. The Labute approximate surface area is 510 Å². The van der Waals surface area contributed by atoms with E-state index in [4.69, 9.17) is 0 Å². The van der Waals surface area contributed by atoms with E-state index in [9.17, 15) is 0 Å². The van der Waals surface area contributed by atoms with Crippen molar-refractivity contribution in [1.82, 2.24) is 0 Å². The summed E-state index contributed by atoms with van der Waals surface area (Å²) in [6.07, 6.45) is 4.24. The van der Waals surface area contributed by atoms with Crippen molar-refractivity contribution < 1.29 is 64.9 Å². The van der Waals surface area contributed by atoms with Gasteiger partial charge in [0, 0.05) is 0 Å². The predicted molar refractivity (Wildman–Crippen MR) is 333 cm³/mol. The fourth-order valence-corrected chi connectivity index (χ4v) is 71.0. The van der Waals surface area contributed by atoms with Crippen LogP contribution in [0.15, 0.2) is 291 Å². The number of rotatable bonds is 8. The molecule has 0 nitrogen and oxygen atoms in total. The third kappa shape index (κ3) is 9.87. The quantitative estimate of drug-likeness (QED) is 0.155. The van der Waals surface area contributed by atoms with Gasteiger partial charge in [0.1, 0.15) is 0 Å². The van der Waals surface area contributed by atoms with Crippen LogP contribution in [0.25, 0.3) is 44.5 Å². The summed E-state index contributed by atoms with van der Waals surface area (Å²) in [4.78, 5) is 0. The summed E-state index contributed by atoms with van der Waals surface area (Å²) in [5.74, 6) is 0. The van der Waals surface area contributed by atoms with Crippen molar-refractivity contribution in [2.75, 3.05) is 0 Å². The molecule has 0 atom stereocenters. The molecular formula is C76H56Cl2Hf2Si2-2. The van der Waals surface area contributed by atoms with Gasteiger partial charge in [-0.2, -0.15) is 0 Å². The van der Waals surface area contributed by atoms with Gasteiger partial charge in [0.25, 0.3) is 0 Å². The van der Waals surface area contributed by atoms with Gasteiger partial charge in [0.2, 0.25) is 0 Å². The molecule has 0 aromatic heterocycles. The van der Waals surface area contributed by atoms with E-state index in [1.54, 1.807) is 56.3 Å². The van der Waals surface area contributed by atoms with Crippen LogP contribution in [0.1, 0.15) is 44.5 Å². The third-order valence-electron chi connectivity index (χ3n) is 17.2. The van der Waals surface area contributed by atoms with Crippen molar-refractivity contribution in [1.29, 1.82) is 0 Å². The van der Waals surface area contributed by atoms with E-state index in [-0.39, 0.29) is 24.8 Å². The Hall–Kier alpha value is -6.61. The van der Waals surface area contributed by atoms with Gasteiger partial charge in [-0.1, -0.05) is 0 Å². The second-order valence-electron chi connectivity index (χ2n) is 21.6. The molecule has 0 radical (unpaired) electrons. The Morgan fingerprint density at radius 1 is 0.195 bits per heavy atom. The Kier molecular flexibility index (Phi) is 15.9. The number of fused-ring (bicyclic) bond motifs is 12. The Bertz CT molecular complexity index is 3890.